The van der Waals surface area contributed by atoms with Crippen LogP contribution in [0.25, 0.3) is 0 Å². The van der Waals surface area contributed by atoms with Gasteiger partial charge < -0.3 is 15.2 Å². The highest BCUT2D eigenvalue weighted by Gasteiger charge is 2.10. The van der Waals surface area contributed by atoms with E-state index in [1.54, 1.807) is 13.0 Å². The minimum Gasteiger partial charge on any atom is -0.477 e. The van der Waals surface area contributed by atoms with Crippen LogP contribution in [0.5, 0.6) is 0 Å². The average Bonchev–Trinajstić information content (AvgIpc) is 2.71. The molecule has 0 saturated carbocycles. The molecule has 0 radical (unpaired) electrons. The van der Waals surface area contributed by atoms with Gasteiger partial charge in [0.15, 0.2) is 0 Å². The minimum atomic E-state index is -0.887. The summed E-state index contributed by atoms with van der Waals surface area (Å²) in [6, 6.07) is 1.70. The molecule has 5 nitrogen and oxygen atoms in total. The third-order valence-electron chi connectivity index (χ3n) is 2.59. The van der Waals surface area contributed by atoms with Crippen LogP contribution in [0.1, 0.15) is 39.9 Å². The summed E-state index contributed by atoms with van der Waals surface area (Å²) in [4.78, 5) is 23.3. The standard InChI is InChI=1S/C13H19NO4S/c1-3-18-12(15)5-4-6-14-8-10-7-11(13(16)17)19-9(10)2/h7,14H,3-6,8H2,1-2H3,(H,16,17). The van der Waals surface area contributed by atoms with E-state index in [-0.39, 0.29) is 5.97 Å². The van der Waals surface area contributed by atoms with E-state index in [9.17, 15) is 9.59 Å². The Morgan fingerprint density at radius 2 is 2.21 bits per heavy atom. The lowest BCUT2D eigenvalue weighted by Crippen LogP contribution is -2.16. The summed E-state index contributed by atoms with van der Waals surface area (Å²) in [7, 11) is 0. The monoisotopic (exact) mass is 285 g/mol. The zero-order valence-corrected chi connectivity index (χ0v) is 12.0. The van der Waals surface area contributed by atoms with Gasteiger partial charge in [-0.15, -0.1) is 11.3 Å². The molecule has 0 aliphatic carbocycles. The Balaban J connectivity index is 2.26. The van der Waals surface area contributed by atoms with Gasteiger partial charge in [-0.1, -0.05) is 0 Å². The molecule has 0 saturated heterocycles. The first-order valence-electron chi connectivity index (χ1n) is 6.23. The predicted octanol–water partition coefficient (Wildman–Crippen LogP) is 2.19. The van der Waals surface area contributed by atoms with E-state index in [2.05, 4.69) is 5.32 Å². The van der Waals surface area contributed by atoms with E-state index < -0.39 is 5.97 Å². The number of hydrogen-bond donors (Lipinski definition) is 2. The van der Waals surface area contributed by atoms with Crippen molar-refractivity contribution in [1.29, 1.82) is 0 Å². The fraction of sp³-hybridized carbons (Fsp3) is 0.538. The van der Waals surface area contributed by atoms with Crippen molar-refractivity contribution in [1.82, 2.24) is 5.32 Å². The maximum Gasteiger partial charge on any atom is 0.345 e. The fourth-order valence-corrected chi connectivity index (χ4v) is 2.50. The second-order valence-corrected chi connectivity index (χ2v) is 5.34. The van der Waals surface area contributed by atoms with Gasteiger partial charge in [-0.3, -0.25) is 4.79 Å². The van der Waals surface area contributed by atoms with Crippen molar-refractivity contribution in [2.24, 2.45) is 0 Å². The molecule has 0 amide bonds. The van der Waals surface area contributed by atoms with Crippen molar-refractivity contribution in [3.05, 3.63) is 21.4 Å². The molecule has 0 fully saturated rings. The zero-order chi connectivity index (χ0) is 14.3. The number of carboxylic acid groups (broad SMARTS) is 1. The molecular formula is C13H19NO4S. The van der Waals surface area contributed by atoms with Gasteiger partial charge in [0.05, 0.1) is 6.61 Å². The second-order valence-electron chi connectivity index (χ2n) is 4.08. The van der Waals surface area contributed by atoms with Crippen LogP contribution in [0.15, 0.2) is 6.07 Å². The molecule has 2 N–H and O–H groups in total. The minimum absolute atomic E-state index is 0.177. The van der Waals surface area contributed by atoms with E-state index >= 15 is 0 Å². The lowest BCUT2D eigenvalue weighted by Gasteiger charge is -2.04. The molecule has 0 spiro atoms. The van der Waals surface area contributed by atoms with Crippen LogP contribution in [-0.4, -0.2) is 30.2 Å². The average molecular weight is 285 g/mol. The normalized spacial score (nSPS) is 10.4. The summed E-state index contributed by atoms with van der Waals surface area (Å²) in [6.45, 7) is 5.44. The number of hydrogen-bond acceptors (Lipinski definition) is 5. The lowest BCUT2D eigenvalue weighted by atomic mass is 10.2. The summed E-state index contributed by atoms with van der Waals surface area (Å²) in [6.07, 6.45) is 1.12. The summed E-state index contributed by atoms with van der Waals surface area (Å²) in [5.41, 5.74) is 0.999. The van der Waals surface area contributed by atoms with Crippen LogP contribution in [0, 0.1) is 6.92 Å². The number of carboxylic acids is 1. The van der Waals surface area contributed by atoms with Crippen LogP contribution in [0.4, 0.5) is 0 Å². The largest absolute Gasteiger partial charge is 0.477 e. The van der Waals surface area contributed by atoms with Crippen molar-refractivity contribution in [2.45, 2.75) is 33.2 Å². The molecule has 1 aromatic heterocycles. The van der Waals surface area contributed by atoms with Crippen molar-refractivity contribution < 1.29 is 19.4 Å². The fourth-order valence-electron chi connectivity index (χ4n) is 1.61. The first kappa shape index (κ1) is 15.7. The first-order chi connectivity index (χ1) is 9.04. The molecule has 19 heavy (non-hydrogen) atoms. The van der Waals surface area contributed by atoms with Crippen molar-refractivity contribution in [3.63, 3.8) is 0 Å². The van der Waals surface area contributed by atoms with Gasteiger partial charge in [0, 0.05) is 17.8 Å². The van der Waals surface area contributed by atoms with E-state index in [4.69, 9.17) is 9.84 Å². The molecule has 1 heterocycles. The Bertz CT molecular complexity index is 442. The highest BCUT2D eigenvalue weighted by atomic mass is 32.1. The van der Waals surface area contributed by atoms with Crippen LogP contribution in [0.2, 0.25) is 0 Å². The molecule has 0 atom stereocenters. The highest BCUT2D eigenvalue weighted by Crippen LogP contribution is 2.21. The maximum absolute atomic E-state index is 11.1. The third kappa shape index (κ3) is 5.40. The molecule has 1 aromatic rings. The van der Waals surface area contributed by atoms with E-state index in [0.717, 1.165) is 10.4 Å². The smallest absolute Gasteiger partial charge is 0.345 e. The third-order valence-corrected chi connectivity index (χ3v) is 3.67. The second kappa shape index (κ2) is 7.91. The van der Waals surface area contributed by atoms with Crippen LogP contribution >= 0.6 is 11.3 Å². The van der Waals surface area contributed by atoms with Crippen molar-refractivity contribution in [3.8, 4) is 0 Å². The van der Waals surface area contributed by atoms with Crippen molar-refractivity contribution >= 4 is 23.3 Å². The van der Waals surface area contributed by atoms with Gasteiger partial charge in [-0.2, -0.15) is 0 Å². The molecular weight excluding hydrogens is 266 g/mol. The highest BCUT2D eigenvalue weighted by molar-refractivity contribution is 7.14. The Morgan fingerprint density at radius 1 is 1.47 bits per heavy atom. The quantitative estimate of drug-likeness (QED) is 0.565. The molecule has 0 aliphatic heterocycles. The van der Waals surface area contributed by atoms with Gasteiger partial charge in [0.25, 0.3) is 0 Å². The van der Waals surface area contributed by atoms with Crippen LogP contribution in [-0.2, 0) is 16.1 Å². The molecule has 0 bridgehead atoms. The summed E-state index contributed by atoms with van der Waals surface area (Å²) in [5.74, 6) is -1.06. The molecule has 0 aromatic carbocycles. The Kier molecular flexibility index (Phi) is 6.52. The number of aromatic carboxylic acids is 1. The SMILES string of the molecule is CCOC(=O)CCCNCc1cc(C(=O)O)sc1C. The first-order valence-corrected chi connectivity index (χ1v) is 7.05. The Hall–Kier alpha value is -1.40. The maximum atomic E-state index is 11.1. The van der Waals surface area contributed by atoms with Gasteiger partial charge >= 0.3 is 11.9 Å². The summed E-state index contributed by atoms with van der Waals surface area (Å²) < 4.78 is 4.83. The van der Waals surface area contributed by atoms with Crippen LogP contribution < -0.4 is 5.32 Å². The zero-order valence-electron chi connectivity index (χ0n) is 11.2. The number of carbonyl (C=O) groups is 2. The van der Waals surface area contributed by atoms with Crippen molar-refractivity contribution in [2.75, 3.05) is 13.2 Å². The molecule has 6 heteroatoms. The Labute approximate surface area is 116 Å². The number of rotatable bonds is 8. The van der Waals surface area contributed by atoms with E-state index in [0.29, 0.717) is 37.4 Å². The topological polar surface area (TPSA) is 75.6 Å². The molecule has 0 aliphatic rings. The molecule has 0 unspecified atom stereocenters. The summed E-state index contributed by atoms with van der Waals surface area (Å²) >= 11 is 1.28. The number of esters is 1. The lowest BCUT2D eigenvalue weighted by molar-refractivity contribution is -0.143. The molecule has 1 rings (SSSR count). The van der Waals surface area contributed by atoms with Gasteiger partial charge in [0.2, 0.25) is 0 Å². The number of aryl methyl sites for hydroxylation is 1. The number of nitrogens with one attached hydrogen (secondary N) is 1. The summed E-state index contributed by atoms with van der Waals surface area (Å²) in [5, 5.41) is 12.1. The van der Waals surface area contributed by atoms with Crippen LogP contribution in [0.3, 0.4) is 0 Å². The van der Waals surface area contributed by atoms with Gasteiger partial charge in [-0.05, 0) is 38.4 Å². The molecule has 106 valence electrons. The van der Waals surface area contributed by atoms with E-state index in [1.807, 2.05) is 6.92 Å². The number of carbonyl (C=O) groups excluding carboxylic acids is 1. The predicted molar refractivity (Wildman–Crippen MR) is 73.6 cm³/mol. The van der Waals surface area contributed by atoms with E-state index in [1.165, 1.54) is 11.3 Å². The Morgan fingerprint density at radius 3 is 2.79 bits per heavy atom. The van der Waals surface area contributed by atoms with Gasteiger partial charge in [-0.25, -0.2) is 4.79 Å². The number of thiophene rings is 1. The van der Waals surface area contributed by atoms with Gasteiger partial charge in [0.1, 0.15) is 4.88 Å². The number of ether oxygens (including phenoxy) is 1.